The number of hydrogen-bond acceptors (Lipinski definition) is 5. The summed E-state index contributed by atoms with van der Waals surface area (Å²) in [5.41, 5.74) is 0.696. The Bertz CT molecular complexity index is 777. The number of amides is 1. The third kappa shape index (κ3) is 4.50. The zero-order valence-electron chi connectivity index (χ0n) is 15.0. The summed E-state index contributed by atoms with van der Waals surface area (Å²) in [6, 6.07) is 12.3. The Hall–Kier alpha value is -3.09. The summed E-state index contributed by atoms with van der Waals surface area (Å²) in [4.78, 5) is 23.3. The lowest BCUT2D eigenvalue weighted by Crippen LogP contribution is -2.28. The van der Waals surface area contributed by atoms with E-state index >= 15 is 0 Å². The van der Waals surface area contributed by atoms with Crippen molar-refractivity contribution >= 4 is 11.6 Å². The van der Waals surface area contributed by atoms with Gasteiger partial charge in [0.05, 0.1) is 24.7 Å². The number of ether oxygens (including phenoxy) is 2. The molecular weight excluding hydrogens is 336 g/mol. The second-order valence-electron chi connectivity index (χ2n) is 5.73. The van der Waals surface area contributed by atoms with Crippen LogP contribution in [0, 0.1) is 10.1 Å². The quantitative estimate of drug-likeness (QED) is 0.576. The topological polar surface area (TPSA) is 90.7 Å². The molecule has 7 nitrogen and oxygen atoms in total. The van der Waals surface area contributed by atoms with Crippen molar-refractivity contribution in [2.45, 2.75) is 19.8 Å². The number of carbonyl (C=O) groups excluding carboxylic acids is 1. The molecule has 2 aromatic carbocycles. The number of rotatable bonds is 8. The fraction of sp³-hybridized carbons (Fsp3) is 0.316. The molecule has 0 heterocycles. The van der Waals surface area contributed by atoms with Gasteiger partial charge in [0.25, 0.3) is 11.6 Å². The minimum atomic E-state index is -0.600. The first-order chi connectivity index (χ1) is 12.5. The molecule has 0 bridgehead atoms. The summed E-state index contributed by atoms with van der Waals surface area (Å²) in [6.07, 6.45) is 0. The van der Waals surface area contributed by atoms with Crippen molar-refractivity contribution in [1.29, 1.82) is 0 Å². The highest BCUT2D eigenvalue weighted by atomic mass is 16.6. The third-order valence-corrected chi connectivity index (χ3v) is 3.96. The van der Waals surface area contributed by atoms with Gasteiger partial charge in [-0.05, 0) is 18.4 Å². The smallest absolute Gasteiger partial charge is 0.286 e. The molecule has 26 heavy (non-hydrogen) atoms. The molecule has 1 atom stereocenters. The largest absolute Gasteiger partial charge is 0.493 e. The van der Waals surface area contributed by atoms with Crippen molar-refractivity contribution in [1.82, 2.24) is 5.32 Å². The van der Waals surface area contributed by atoms with Crippen LogP contribution in [0.4, 0.5) is 5.69 Å². The Morgan fingerprint density at radius 3 is 2.50 bits per heavy atom. The maximum absolute atomic E-state index is 12.5. The number of nitrogens with one attached hydrogen (secondary N) is 1. The Kier molecular flexibility index (Phi) is 6.54. The summed E-state index contributed by atoms with van der Waals surface area (Å²) in [6.45, 7) is 4.42. The molecule has 2 aromatic rings. The molecule has 138 valence electrons. The van der Waals surface area contributed by atoms with E-state index in [0.29, 0.717) is 13.2 Å². The van der Waals surface area contributed by atoms with E-state index in [1.165, 1.54) is 19.2 Å². The fourth-order valence-corrected chi connectivity index (χ4v) is 2.55. The van der Waals surface area contributed by atoms with Gasteiger partial charge in [0.15, 0.2) is 11.5 Å². The average Bonchev–Trinajstić information content (AvgIpc) is 2.66. The average molecular weight is 358 g/mol. The van der Waals surface area contributed by atoms with E-state index < -0.39 is 10.8 Å². The van der Waals surface area contributed by atoms with E-state index in [-0.39, 0.29) is 28.7 Å². The van der Waals surface area contributed by atoms with E-state index in [1.54, 1.807) is 6.92 Å². The Morgan fingerprint density at radius 1 is 1.23 bits per heavy atom. The van der Waals surface area contributed by atoms with E-state index in [9.17, 15) is 14.9 Å². The van der Waals surface area contributed by atoms with Gasteiger partial charge in [0.2, 0.25) is 0 Å². The van der Waals surface area contributed by atoms with Crippen LogP contribution < -0.4 is 14.8 Å². The number of nitro benzene ring substituents is 1. The first kappa shape index (κ1) is 19.2. The van der Waals surface area contributed by atoms with Gasteiger partial charge >= 0.3 is 0 Å². The van der Waals surface area contributed by atoms with Crippen molar-refractivity contribution in [3.05, 3.63) is 63.7 Å². The first-order valence-electron chi connectivity index (χ1n) is 8.30. The molecule has 1 unspecified atom stereocenters. The number of hydrogen-bond donors (Lipinski definition) is 1. The maximum Gasteiger partial charge on any atom is 0.286 e. The molecule has 0 saturated carbocycles. The second kappa shape index (κ2) is 8.84. The van der Waals surface area contributed by atoms with Crippen molar-refractivity contribution < 1.29 is 19.2 Å². The highest BCUT2D eigenvalue weighted by Crippen LogP contribution is 2.34. The van der Waals surface area contributed by atoms with Crippen molar-refractivity contribution in [3.63, 3.8) is 0 Å². The van der Waals surface area contributed by atoms with Crippen LogP contribution >= 0.6 is 0 Å². The van der Waals surface area contributed by atoms with Crippen molar-refractivity contribution in [2.75, 3.05) is 20.3 Å². The zero-order valence-corrected chi connectivity index (χ0v) is 15.0. The molecule has 2 rings (SSSR count). The fourth-order valence-electron chi connectivity index (χ4n) is 2.55. The van der Waals surface area contributed by atoms with E-state index in [2.05, 4.69) is 5.32 Å². The van der Waals surface area contributed by atoms with E-state index in [4.69, 9.17) is 9.47 Å². The molecule has 0 aliphatic rings. The van der Waals surface area contributed by atoms with Crippen molar-refractivity contribution in [2.24, 2.45) is 0 Å². The van der Waals surface area contributed by atoms with Crippen LogP contribution in [0.15, 0.2) is 42.5 Å². The normalized spacial score (nSPS) is 11.5. The SMILES string of the molecule is CCOc1cc([N+](=O)[O-])c(C(=O)NCC(C)c2ccccc2)cc1OC. The van der Waals surface area contributed by atoms with Crippen LogP contribution in [0.25, 0.3) is 0 Å². The minimum absolute atomic E-state index is 0.0597. The molecule has 0 saturated heterocycles. The van der Waals surface area contributed by atoms with Crippen LogP contribution in [0.5, 0.6) is 11.5 Å². The maximum atomic E-state index is 12.5. The summed E-state index contributed by atoms with van der Waals surface area (Å²) < 4.78 is 10.5. The first-order valence-corrected chi connectivity index (χ1v) is 8.30. The van der Waals surface area contributed by atoms with Gasteiger partial charge in [-0.2, -0.15) is 0 Å². The number of nitro groups is 1. The van der Waals surface area contributed by atoms with Crippen LogP contribution in [0.3, 0.4) is 0 Å². The lowest BCUT2D eigenvalue weighted by Gasteiger charge is -2.14. The predicted octanol–water partition coefficient (Wildman–Crippen LogP) is 3.54. The molecule has 1 N–H and O–H groups in total. The molecule has 1 amide bonds. The van der Waals surface area contributed by atoms with Gasteiger partial charge in [-0.15, -0.1) is 0 Å². The lowest BCUT2D eigenvalue weighted by molar-refractivity contribution is -0.385. The van der Waals surface area contributed by atoms with Gasteiger partial charge in [0, 0.05) is 12.6 Å². The molecule has 0 aliphatic heterocycles. The van der Waals surface area contributed by atoms with Gasteiger partial charge in [-0.25, -0.2) is 0 Å². The number of methoxy groups -OCH3 is 1. The standard InChI is InChI=1S/C19H22N2O5/c1-4-26-18-11-16(21(23)24)15(10-17(18)25-3)19(22)20-12-13(2)14-8-6-5-7-9-14/h5-11,13H,4,12H2,1-3H3,(H,20,22). The van der Waals surface area contributed by atoms with Crippen LogP contribution in [-0.2, 0) is 0 Å². The molecule has 0 radical (unpaired) electrons. The summed E-state index contributed by atoms with van der Waals surface area (Å²) in [5.74, 6) is 0.0549. The monoisotopic (exact) mass is 358 g/mol. The van der Waals surface area contributed by atoms with Gasteiger partial charge in [0.1, 0.15) is 5.56 Å². The van der Waals surface area contributed by atoms with Gasteiger partial charge in [-0.3, -0.25) is 14.9 Å². The number of nitrogens with zero attached hydrogens (tertiary/aromatic N) is 1. The summed E-state index contributed by atoms with van der Waals surface area (Å²) in [7, 11) is 1.42. The zero-order chi connectivity index (χ0) is 19.1. The molecule has 0 spiro atoms. The highest BCUT2D eigenvalue weighted by molar-refractivity contribution is 5.99. The predicted molar refractivity (Wildman–Crippen MR) is 98.0 cm³/mol. The molecular formula is C19H22N2O5. The Labute approximate surface area is 152 Å². The van der Waals surface area contributed by atoms with Crippen LogP contribution in [-0.4, -0.2) is 31.1 Å². The Morgan fingerprint density at radius 2 is 1.92 bits per heavy atom. The van der Waals surface area contributed by atoms with Crippen molar-refractivity contribution in [3.8, 4) is 11.5 Å². The number of benzene rings is 2. The third-order valence-electron chi connectivity index (χ3n) is 3.96. The van der Waals surface area contributed by atoms with E-state index in [0.717, 1.165) is 5.56 Å². The lowest BCUT2D eigenvalue weighted by atomic mass is 10.0. The van der Waals surface area contributed by atoms with Crippen LogP contribution in [0.2, 0.25) is 0 Å². The summed E-state index contributed by atoms with van der Waals surface area (Å²) in [5, 5.41) is 14.1. The second-order valence-corrected chi connectivity index (χ2v) is 5.73. The van der Waals surface area contributed by atoms with Gasteiger partial charge in [-0.1, -0.05) is 37.3 Å². The molecule has 7 heteroatoms. The Balaban J connectivity index is 2.22. The highest BCUT2D eigenvalue weighted by Gasteiger charge is 2.25. The molecule has 0 aliphatic carbocycles. The van der Waals surface area contributed by atoms with E-state index in [1.807, 2.05) is 37.3 Å². The summed E-state index contributed by atoms with van der Waals surface area (Å²) >= 11 is 0. The molecule has 0 aromatic heterocycles. The minimum Gasteiger partial charge on any atom is -0.493 e. The number of carbonyl (C=O) groups is 1. The van der Waals surface area contributed by atoms with Crippen LogP contribution in [0.1, 0.15) is 35.7 Å². The molecule has 0 fully saturated rings. The van der Waals surface area contributed by atoms with Gasteiger partial charge < -0.3 is 14.8 Å².